The fourth-order valence-electron chi connectivity index (χ4n) is 1.76. The molecule has 0 aliphatic carbocycles. The van der Waals surface area contributed by atoms with Crippen molar-refractivity contribution in [2.75, 3.05) is 0 Å². The third kappa shape index (κ3) is 4.92. The molecule has 0 saturated heterocycles. The smallest absolute Gasteiger partial charge is 0.142 e. The first-order valence-electron chi connectivity index (χ1n) is 6.07. The molecule has 0 amide bonds. The maximum absolute atomic E-state index is 10.2. The number of unbranched alkanes of at least 4 members (excludes halogenated alkanes) is 3. The van der Waals surface area contributed by atoms with E-state index < -0.39 is 0 Å². The molecule has 1 aromatic carbocycles. The predicted octanol–water partition coefficient (Wildman–Crippen LogP) is 4.02. The summed E-state index contributed by atoms with van der Waals surface area (Å²) in [4.78, 5) is 10.2. The van der Waals surface area contributed by atoms with Crippen molar-refractivity contribution in [3.05, 3.63) is 41.5 Å². The van der Waals surface area contributed by atoms with Gasteiger partial charge < -0.3 is 0 Å². The predicted molar refractivity (Wildman–Crippen MR) is 69.4 cm³/mol. The SMILES string of the molecule is CCCCCCc1cccc(C=CC=O)c1. The first kappa shape index (κ1) is 12.7. The Labute approximate surface area is 98.2 Å². The zero-order valence-corrected chi connectivity index (χ0v) is 9.99. The van der Waals surface area contributed by atoms with E-state index in [1.807, 2.05) is 12.1 Å². The Balaban J connectivity index is 2.47. The summed E-state index contributed by atoms with van der Waals surface area (Å²) in [6, 6.07) is 8.39. The molecule has 1 heteroatoms. The van der Waals surface area contributed by atoms with Crippen LogP contribution in [-0.2, 0) is 11.2 Å². The van der Waals surface area contributed by atoms with Crippen LogP contribution in [0.4, 0.5) is 0 Å². The third-order valence-corrected chi connectivity index (χ3v) is 2.64. The molecule has 0 aliphatic rings. The lowest BCUT2D eigenvalue weighted by molar-refractivity contribution is -0.104. The van der Waals surface area contributed by atoms with E-state index in [0.29, 0.717) is 0 Å². The lowest BCUT2D eigenvalue weighted by atomic mass is 10.0. The molecule has 0 saturated carbocycles. The number of allylic oxidation sites excluding steroid dienone is 1. The Hall–Kier alpha value is -1.37. The van der Waals surface area contributed by atoms with E-state index in [1.54, 1.807) is 0 Å². The van der Waals surface area contributed by atoms with Gasteiger partial charge in [-0.25, -0.2) is 0 Å². The summed E-state index contributed by atoms with van der Waals surface area (Å²) in [7, 11) is 0. The summed E-state index contributed by atoms with van der Waals surface area (Å²) < 4.78 is 0. The highest BCUT2D eigenvalue weighted by atomic mass is 16.1. The van der Waals surface area contributed by atoms with E-state index in [0.717, 1.165) is 18.3 Å². The van der Waals surface area contributed by atoms with Crippen LogP contribution in [0.25, 0.3) is 6.08 Å². The molecule has 0 aromatic heterocycles. The fourth-order valence-corrected chi connectivity index (χ4v) is 1.76. The van der Waals surface area contributed by atoms with Gasteiger partial charge in [0.2, 0.25) is 0 Å². The van der Waals surface area contributed by atoms with Crippen LogP contribution < -0.4 is 0 Å². The van der Waals surface area contributed by atoms with Crippen LogP contribution in [0.2, 0.25) is 0 Å². The van der Waals surface area contributed by atoms with Gasteiger partial charge in [-0.15, -0.1) is 0 Å². The molecule has 0 fully saturated rings. The lowest BCUT2D eigenvalue weighted by Gasteiger charge is -2.02. The highest BCUT2D eigenvalue weighted by Crippen LogP contribution is 2.11. The minimum Gasteiger partial charge on any atom is -0.299 e. The average Bonchev–Trinajstić information content (AvgIpc) is 2.33. The van der Waals surface area contributed by atoms with Crippen molar-refractivity contribution >= 4 is 12.4 Å². The van der Waals surface area contributed by atoms with Crippen molar-refractivity contribution in [2.45, 2.75) is 39.0 Å². The number of carbonyl (C=O) groups is 1. The highest BCUT2D eigenvalue weighted by Gasteiger charge is 1.94. The molecule has 1 aromatic rings. The molecule has 0 N–H and O–H groups in total. The molecule has 0 radical (unpaired) electrons. The van der Waals surface area contributed by atoms with Crippen LogP contribution >= 0.6 is 0 Å². The Morgan fingerprint density at radius 1 is 1.19 bits per heavy atom. The highest BCUT2D eigenvalue weighted by molar-refractivity contribution is 5.73. The van der Waals surface area contributed by atoms with Gasteiger partial charge in [0.05, 0.1) is 0 Å². The zero-order chi connectivity index (χ0) is 11.6. The van der Waals surface area contributed by atoms with Crippen molar-refractivity contribution in [3.8, 4) is 0 Å². The van der Waals surface area contributed by atoms with Gasteiger partial charge in [0.15, 0.2) is 0 Å². The first-order valence-corrected chi connectivity index (χ1v) is 6.07. The van der Waals surface area contributed by atoms with Gasteiger partial charge >= 0.3 is 0 Å². The Kier molecular flexibility index (Phi) is 6.24. The van der Waals surface area contributed by atoms with Gasteiger partial charge in [0.1, 0.15) is 6.29 Å². The molecular weight excluding hydrogens is 196 g/mol. The average molecular weight is 216 g/mol. The van der Waals surface area contributed by atoms with Crippen LogP contribution in [0.3, 0.4) is 0 Å². The number of aryl methyl sites for hydroxylation is 1. The van der Waals surface area contributed by atoms with E-state index >= 15 is 0 Å². The molecule has 0 heterocycles. The first-order chi connectivity index (χ1) is 7.86. The molecule has 0 unspecified atom stereocenters. The van der Waals surface area contributed by atoms with Crippen LogP contribution in [0.1, 0.15) is 43.7 Å². The molecule has 16 heavy (non-hydrogen) atoms. The summed E-state index contributed by atoms with van der Waals surface area (Å²) >= 11 is 0. The number of rotatable bonds is 7. The van der Waals surface area contributed by atoms with Gasteiger partial charge in [-0.3, -0.25) is 4.79 Å². The summed E-state index contributed by atoms with van der Waals surface area (Å²) in [6.07, 6.45) is 10.5. The molecular formula is C15H20O. The molecule has 86 valence electrons. The van der Waals surface area contributed by atoms with Crippen LogP contribution in [-0.4, -0.2) is 6.29 Å². The molecule has 1 nitrogen and oxygen atoms in total. The quantitative estimate of drug-likeness (QED) is 0.382. The summed E-state index contributed by atoms with van der Waals surface area (Å²) in [5.41, 5.74) is 2.48. The van der Waals surface area contributed by atoms with E-state index in [9.17, 15) is 4.79 Å². The largest absolute Gasteiger partial charge is 0.299 e. The van der Waals surface area contributed by atoms with Gasteiger partial charge in [-0.2, -0.15) is 0 Å². The number of carbonyl (C=O) groups excluding carboxylic acids is 1. The van der Waals surface area contributed by atoms with E-state index in [4.69, 9.17) is 0 Å². The fraction of sp³-hybridized carbons (Fsp3) is 0.400. The molecule has 0 atom stereocenters. The van der Waals surface area contributed by atoms with Crippen LogP contribution in [0.5, 0.6) is 0 Å². The third-order valence-electron chi connectivity index (χ3n) is 2.64. The van der Waals surface area contributed by atoms with Crippen molar-refractivity contribution in [1.29, 1.82) is 0 Å². The monoisotopic (exact) mass is 216 g/mol. The normalized spacial score (nSPS) is 10.8. The van der Waals surface area contributed by atoms with Crippen molar-refractivity contribution in [2.24, 2.45) is 0 Å². The minimum absolute atomic E-state index is 0.813. The number of benzene rings is 1. The Bertz CT molecular complexity index is 339. The van der Waals surface area contributed by atoms with E-state index in [-0.39, 0.29) is 0 Å². The van der Waals surface area contributed by atoms with Gasteiger partial charge in [-0.1, -0.05) is 56.5 Å². The van der Waals surface area contributed by atoms with Gasteiger partial charge in [0, 0.05) is 0 Å². The van der Waals surface area contributed by atoms with E-state index in [1.165, 1.54) is 37.3 Å². The second-order valence-corrected chi connectivity index (χ2v) is 4.05. The maximum Gasteiger partial charge on any atom is 0.142 e. The van der Waals surface area contributed by atoms with Crippen LogP contribution in [0.15, 0.2) is 30.3 Å². The Morgan fingerprint density at radius 2 is 2.06 bits per heavy atom. The standard InChI is InChI=1S/C15H20O/c1-2-3-4-5-8-14-9-6-10-15(13-14)11-7-12-16/h6-7,9-13H,2-5,8H2,1H3. The minimum atomic E-state index is 0.813. The number of aldehydes is 1. The summed E-state index contributed by atoms with van der Waals surface area (Å²) in [5.74, 6) is 0. The Morgan fingerprint density at radius 3 is 2.81 bits per heavy atom. The van der Waals surface area contributed by atoms with Crippen LogP contribution in [0, 0.1) is 0 Å². The second-order valence-electron chi connectivity index (χ2n) is 4.05. The zero-order valence-electron chi connectivity index (χ0n) is 9.99. The van der Waals surface area contributed by atoms with Crippen molar-refractivity contribution in [1.82, 2.24) is 0 Å². The number of hydrogen-bond acceptors (Lipinski definition) is 1. The summed E-state index contributed by atoms with van der Waals surface area (Å²) in [6.45, 7) is 2.23. The van der Waals surface area contributed by atoms with Crippen molar-refractivity contribution < 1.29 is 4.79 Å². The molecule has 0 bridgehead atoms. The second kappa shape index (κ2) is 7.86. The maximum atomic E-state index is 10.2. The molecule has 0 spiro atoms. The number of hydrogen-bond donors (Lipinski definition) is 0. The lowest BCUT2D eigenvalue weighted by Crippen LogP contribution is -1.86. The summed E-state index contributed by atoms with van der Waals surface area (Å²) in [5, 5.41) is 0. The van der Waals surface area contributed by atoms with Gasteiger partial charge in [0.25, 0.3) is 0 Å². The van der Waals surface area contributed by atoms with E-state index in [2.05, 4.69) is 25.1 Å². The molecule has 1 rings (SSSR count). The molecule has 0 aliphatic heterocycles. The van der Waals surface area contributed by atoms with Gasteiger partial charge in [-0.05, 0) is 30.0 Å². The van der Waals surface area contributed by atoms with Crippen molar-refractivity contribution in [3.63, 3.8) is 0 Å². The topological polar surface area (TPSA) is 17.1 Å².